The van der Waals surface area contributed by atoms with Gasteiger partial charge in [-0.1, -0.05) is 32.9 Å². The van der Waals surface area contributed by atoms with Crippen LogP contribution in [-0.4, -0.2) is 35.0 Å². The summed E-state index contributed by atoms with van der Waals surface area (Å²) in [5.41, 5.74) is 0.919. The summed E-state index contributed by atoms with van der Waals surface area (Å²) in [6, 6.07) is 6.06. The molecule has 0 spiro atoms. The van der Waals surface area contributed by atoms with Crippen LogP contribution in [0.3, 0.4) is 0 Å². The van der Waals surface area contributed by atoms with Crippen molar-refractivity contribution < 1.29 is 19.4 Å². The second-order valence-electron chi connectivity index (χ2n) is 6.24. The van der Waals surface area contributed by atoms with Crippen molar-refractivity contribution in [1.82, 2.24) is 4.90 Å². The topological polar surface area (TPSA) is 66.8 Å². The Labute approximate surface area is 130 Å². The van der Waals surface area contributed by atoms with E-state index in [1.807, 2.05) is 20.8 Å². The number of phenolic OH excluding ortho intramolecular Hbond substituents is 1. The van der Waals surface area contributed by atoms with Crippen LogP contribution < -0.4 is 0 Å². The number of benzene rings is 1. The van der Waals surface area contributed by atoms with Gasteiger partial charge in [-0.15, -0.1) is 0 Å². The standard InChI is InChI=1S/C17H23NO4/c1-10(2)9-14(17(21)22-4)18-15(11(3)16(18)20)12-5-7-13(19)8-6-12/h5-8,10-11,14-15,19H,9H2,1-4H3/t11-,14?,15+/m0/s1. The summed E-state index contributed by atoms with van der Waals surface area (Å²) in [5.74, 6) is -0.135. The maximum atomic E-state index is 12.3. The number of ether oxygens (including phenoxy) is 1. The van der Waals surface area contributed by atoms with Crippen molar-refractivity contribution in [3.63, 3.8) is 0 Å². The fourth-order valence-electron chi connectivity index (χ4n) is 3.04. The number of hydrogen-bond acceptors (Lipinski definition) is 4. The maximum absolute atomic E-state index is 12.3. The molecule has 1 aliphatic rings. The van der Waals surface area contributed by atoms with Crippen LogP contribution in [0, 0.1) is 11.8 Å². The molecular weight excluding hydrogens is 282 g/mol. The average Bonchev–Trinajstić information content (AvgIpc) is 2.50. The predicted octanol–water partition coefficient (Wildman–Crippen LogP) is 2.50. The number of β-lactam (4-membered cyclic amide) rings is 1. The monoisotopic (exact) mass is 305 g/mol. The molecule has 1 amide bonds. The Kier molecular flexibility index (Phi) is 4.74. The Balaban J connectivity index is 2.30. The molecule has 120 valence electrons. The Hall–Kier alpha value is -2.04. The molecule has 1 aliphatic heterocycles. The summed E-state index contributed by atoms with van der Waals surface area (Å²) in [5, 5.41) is 9.41. The zero-order valence-electron chi connectivity index (χ0n) is 13.4. The van der Waals surface area contributed by atoms with E-state index in [-0.39, 0.29) is 35.5 Å². The van der Waals surface area contributed by atoms with Gasteiger partial charge in [0.05, 0.1) is 19.1 Å². The molecule has 0 aromatic heterocycles. The molecule has 5 heteroatoms. The molecule has 1 fully saturated rings. The van der Waals surface area contributed by atoms with Gasteiger partial charge in [0.1, 0.15) is 11.8 Å². The Bertz CT molecular complexity index is 552. The molecule has 0 bridgehead atoms. The molecular formula is C17H23NO4. The highest BCUT2D eigenvalue weighted by atomic mass is 16.5. The first-order valence-electron chi connectivity index (χ1n) is 7.55. The number of rotatable bonds is 5. The summed E-state index contributed by atoms with van der Waals surface area (Å²) in [7, 11) is 1.35. The Morgan fingerprint density at radius 3 is 2.41 bits per heavy atom. The molecule has 1 aromatic rings. The van der Waals surface area contributed by atoms with Crippen molar-refractivity contribution in [2.45, 2.75) is 39.3 Å². The minimum Gasteiger partial charge on any atom is -0.508 e. The van der Waals surface area contributed by atoms with Crippen molar-refractivity contribution in [2.75, 3.05) is 7.11 Å². The second kappa shape index (κ2) is 6.38. The summed E-state index contributed by atoms with van der Waals surface area (Å²) in [6.45, 7) is 5.89. The predicted molar refractivity (Wildman–Crippen MR) is 82.1 cm³/mol. The lowest BCUT2D eigenvalue weighted by Gasteiger charge is -2.49. The van der Waals surface area contributed by atoms with E-state index >= 15 is 0 Å². The molecule has 1 N–H and O–H groups in total. The number of carbonyl (C=O) groups is 2. The molecule has 2 rings (SSSR count). The first-order valence-corrected chi connectivity index (χ1v) is 7.55. The fraction of sp³-hybridized carbons (Fsp3) is 0.529. The van der Waals surface area contributed by atoms with Crippen molar-refractivity contribution in [3.05, 3.63) is 29.8 Å². The van der Waals surface area contributed by atoms with Gasteiger partial charge in [-0.3, -0.25) is 4.79 Å². The lowest BCUT2D eigenvalue weighted by atomic mass is 9.81. The van der Waals surface area contributed by atoms with Crippen molar-refractivity contribution in [1.29, 1.82) is 0 Å². The largest absolute Gasteiger partial charge is 0.508 e. The van der Waals surface area contributed by atoms with Crippen molar-refractivity contribution in [2.24, 2.45) is 11.8 Å². The van der Waals surface area contributed by atoms with Crippen LogP contribution in [0.15, 0.2) is 24.3 Å². The number of nitrogens with zero attached hydrogens (tertiary/aromatic N) is 1. The zero-order chi connectivity index (χ0) is 16.4. The number of amides is 1. The molecule has 5 nitrogen and oxygen atoms in total. The van der Waals surface area contributed by atoms with Gasteiger partial charge < -0.3 is 14.7 Å². The van der Waals surface area contributed by atoms with E-state index in [0.29, 0.717) is 6.42 Å². The number of likely N-dealkylation sites (tertiary alicyclic amines) is 1. The highest BCUT2D eigenvalue weighted by molar-refractivity contribution is 5.91. The third-order valence-corrected chi connectivity index (χ3v) is 4.16. The zero-order valence-corrected chi connectivity index (χ0v) is 13.4. The van der Waals surface area contributed by atoms with Gasteiger partial charge in [-0.25, -0.2) is 4.79 Å². The SMILES string of the molecule is COC(=O)C(CC(C)C)N1C(=O)[C@@H](C)[C@@H]1c1ccc(O)cc1. The van der Waals surface area contributed by atoms with Gasteiger partial charge in [0, 0.05) is 0 Å². The van der Waals surface area contributed by atoms with Crippen LogP contribution in [0.1, 0.15) is 38.8 Å². The molecule has 3 atom stereocenters. The van der Waals surface area contributed by atoms with Crippen LogP contribution in [0.5, 0.6) is 5.75 Å². The lowest BCUT2D eigenvalue weighted by Crippen LogP contribution is -2.60. The Morgan fingerprint density at radius 1 is 1.32 bits per heavy atom. The number of esters is 1. The number of aromatic hydroxyl groups is 1. The van der Waals surface area contributed by atoms with E-state index in [2.05, 4.69) is 0 Å². The summed E-state index contributed by atoms with van der Waals surface area (Å²) < 4.78 is 4.88. The first-order chi connectivity index (χ1) is 10.4. The van der Waals surface area contributed by atoms with Gasteiger partial charge in [0.25, 0.3) is 0 Å². The smallest absolute Gasteiger partial charge is 0.328 e. The molecule has 22 heavy (non-hydrogen) atoms. The van der Waals surface area contributed by atoms with Crippen LogP contribution in [-0.2, 0) is 14.3 Å². The first kappa shape index (κ1) is 16.3. The second-order valence-corrected chi connectivity index (χ2v) is 6.24. The number of methoxy groups -OCH3 is 1. The average molecular weight is 305 g/mol. The third-order valence-electron chi connectivity index (χ3n) is 4.16. The summed E-state index contributed by atoms with van der Waals surface area (Å²) >= 11 is 0. The highest BCUT2D eigenvalue weighted by Gasteiger charge is 2.50. The molecule has 0 saturated carbocycles. The molecule has 1 heterocycles. The van der Waals surface area contributed by atoms with Crippen molar-refractivity contribution >= 4 is 11.9 Å². The van der Waals surface area contributed by atoms with Crippen LogP contribution >= 0.6 is 0 Å². The van der Waals surface area contributed by atoms with Crippen LogP contribution in [0.2, 0.25) is 0 Å². The lowest BCUT2D eigenvalue weighted by molar-refractivity contribution is -0.171. The molecule has 0 aliphatic carbocycles. The third kappa shape index (κ3) is 2.93. The quantitative estimate of drug-likeness (QED) is 0.670. The van der Waals surface area contributed by atoms with Crippen LogP contribution in [0.4, 0.5) is 0 Å². The van der Waals surface area contributed by atoms with Gasteiger partial charge in [0.15, 0.2) is 0 Å². The highest BCUT2D eigenvalue weighted by Crippen LogP contribution is 2.42. The molecule has 0 radical (unpaired) electrons. The number of phenols is 1. The minimum absolute atomic E-state index is 0.0332. The normalized spacial score (nSPS) is 22.4. The van der Waals surface area contributed by atoms with Gasteiger partial charge in [-0.2, -0.15) is 0 Å². The summed E-state index contributed by atoms with van der Waals surface area (Å²) in [4.78, 5) is 26.1. The van der Waals surface area contributed by atoms with E-state index < -0.39 is 6.04 Å². The number of hydrogen-bond donors (Lipinski definition) is 1. The van der Waals surface area contributed by atoms with E-state index in [0.717, 1.165) is 5.56 Å². The van der Waals surface area contributed by atoms with Crippen molar-refractivity contribution in [3.8, 4) is 5.75 Å². The summed E-state index contributed by atoms with van der Waals surface area (Å²) in [6.07, 6.45) is 0.569. The maximum Gasteiger partial charge on any atom is 0.328 e. The van der Waals surface area contributed by atoms with E-state index in [1.165, 1.54) is 7.11 Å². The van der Waals surface area contributed by atoms with E-state index in [9.17, 15) is 14.7 Å². The van der Waals surface area contributed by atoms with Crippen LogP contribution in [0.25, 0.3) is 0 Å². The van der Waals surface area contributed by atoms with E-state index in [1.54, 1.807) is 29.2 Å². The Morgan fingerprint density at radius 2 is 1.91 bits per heavy atom. The van der Waals surface area contributed by atoms with Gasteiger partial charge in [-0.05, 0) is 30.0 Å². The number of carbonyl (C=O) groups excluding carboxylic acids is 2. The molecule has 1 unspecified atom stereocenters. The van der Waals surface area contributed by atoms with Gasteiger partial charge in [0.2, 0.25) is 5.91 Å². The fourth-order valence-corrected chi connectivity index (χ4v) is 3.04. The molecule has 1 saturated heterocycles. The molecule has 1 aromatic carbocycles. The van der Waals surface area contributed by atoms with E-state index in [4.69, 9.17) is 4.74 Å². The van der Waals surface area contributed by atoms with Gasteiger partial charge >= 0.3 is 5.97 Å². The minimum atomic E-state index is -0.562.